The molecule has 0 aromatic rings. The standard InChI is InChI=1S/C19H30F3N3O6Si/c1-32(2,3)5-4-25(18(28)29)13-9-14-12(8-15(13)30-14)17(27)24-23-16(26)10-6-11(7-10)31-19(20,21)22/h10-15H,4-9H2,1-3H3,(H,23,26)(H,24,27)(H,28,29)/t10-,11+,12?,13?,14?,15?. The molecule has 32 heavy (non-hydrogen) atoms. The Morgan fingerprint density at radius 3 is 2.19 bits per heavy atom. The van der Waals surface area contributed by atoms with E-state index in [4.69, 9.17) is 4.74 Å². The molecule has 0 aromatic carbocycles. The molecule has 3 fully saturated rings. The van der Waals surface area contributed by atoms with Crippen molar-refractivity contribution in [1.29, 1.82) is 0 Å². The number of nitrogens with zero attached hydrogens (tertiary/aromatic N) is 1. The number of hydrogen-bond donors (Lipinski definition) is 3. The number of nitrogens with one attached hydrogen (secondary N) is 2. The zero-order chi connectivity index (χ0) is 23.8. The average molecular weight is 482 g/mol. The van der Waals surface area contributed by atoms with E-state index in [1.807, 2.05) is 0 Å². The van der Waals surface area contributed by atoms with E-state index in [1.54, 1.807) is 0 Å². The molecule has 2 bridgehead atoms. The van der Waals surface area contributed by atoms with Crippen LogP contribution in [-0.2, 0) is 19.1 Å². The molecule has 0 spiro atoms. The van der Waals surface area contributed by atoms with Crippen LogP contribution in [0.2, 0.25) is 25.7 Å². The van der Waals surface area contributed by atoms with Gasteiger partial charge in [0.1, 0.15) is 0 Å². The van der Waals surface area contributed by atoms with E-state index in [9.17, 15) is 32.7 Å². The van der Waals surface area contributed by atoms with Crippen molar-refractivity contribution in [1.82, 2.24) is 15.8 Å². The number of hydrazine groups is 1. The molecule has 2 heterocycles. The van der Waals surface area contributed by atoms with Crippen molar-refractivity contribution in [2.75, 3.05) is 6.54 Å². The van der Waals surface area contributed by atoms with Gasteiger partial charge in [-0.3, -0.25) is 25.2 Å². The van der Waals surface area contributed by atoms with Crippen LogP contribution >= 0.6 is 0 Å². The van der Waals surface area contributed by atoms with Gasteiger partial charge in [0.25, 0.3) is 0 Å². The van der Waals surface area contributed by atoms with Crippen molar-refractivity contribution in [3.63, 3.8) is 0 Å². The summed E-state index contributed by atoms with van der Waals surface area (Å²) in [6.07, 6.45) is -6.97. The summed E-state index contributed by atoms with van der Waals surface area (Å²) < 4.78 is 46.1. The quantitative estimate of drug-likeness (QED) is 0.380. The third-order valence-electron chi connectivity index (χ3n) is 6.35. The molecule has 182 valence electrons. The molecule has 4 atom stereocenters. The fraction of sp³-hybridized carbons (Fsp3) is 0.842. The highest BCUT2D eigenvalue weighted by Gasteiger charge is 2.53. The number of amides is 3. The van der Waals surface area contributed by atoms with Crippen molar-refractivity contribution in [2.45, 2.75) is 82.1 Å². The summed E-state index contributed by atoms with van der Waals surface area (Å²) in [5.74, 6) is -2.19. The second-order valence-corrected chi connectivity index (χ2v) is 15.6. The predicted molar refractivity (Wildman–Crippen MR) is 108 cm³/mol. The summed E-state index contributed by atoms with van der Waals surface area (Å²) in [5, 5.41) is 9.63. The van der Waals surface area contributed by atoms with Gasteiger partial charge in [0.15, 0.2) is 0 Å². The first-order chi connectivity index (χ1) is 14.7. The van der Waals surface area contributed by atoms with Gasteiger partial charge in [0.2, 0.25) is 11.8 Å². The molecular weight excluding hydrogens is 451 g/mol. The van der Waals surface area contributed by atoms with Crippen molar-refractivity contribution in [3.8, 4) is 0 Å². The van der Waals surface area contributed by atoms with E-state index in [1.165, 1.54) is 4.90 Å². The number of carboxylic acid groups (broad SMARTS) is 1. The zero-order valence-electron chi connectivity index (χ0n) is 18.3. The first kappa shape index (κ1) is 24.8. The molecule has 2 saturated heterocycles. The normalized spacial score (nSPS) is 31.7. The maximum Gasteiger partial charge on any atom is 0.522 e. The number of ether oxygens (including phenoxy) is 2. The minimum Gasteiger partial charge on any atom is -0.465 e. The number of carbonyl (C=O) groups is 3. The highest BCUT2D eigenvalue weighted by atomic mass is 28.3. The molecule has 4 unspecified atom stereocenters. The van der Waals surface area contributed by atoms with Gasteiger partial charge < -0.3 is 14.7 Å². The van der Waals surface area contributed by atoms with Gasteiger partial charge in [-0.15, -0.1) is 13.2 Å². The van der Waals surface area contributed by atoms with Crippen molar-refractivity contribution in [3.05, 3.63) is 0 Å². The number of carbonyl (C=O) groups excluding carboxylic acids is 2. The topological polar surface area (TPSA) is 117 Å². The number of fused-ring (bicyclic) bond motifs is 2. The van der Waals surface area contributed by atoms with Crippen LogP contribution in [0.15, 0.2) is 0 Å². The maximum absolute atomic E-state index is 12.5. The molecule has 2 aliphatic heterocycles. The lowest BCUT2D eigenvalue weighted by Gasteiger charge is -2.34. The lowest BCUT2D eigenvalue weighted by molar-refractivity contribution is -0.353. The van der Waals surface area contributed by atoms with Crippen LogP contribution in [0.25, 0.3) is 0 Å². The molecule has 3 amide bonds. The lowest BCUT2D eigenvalue weighted by atomic mass is 9.82. The second-order valence-electron chi connectivity index (χ2n) is 9.98. The van der Waals surface area contributed by atoms with Crippen LogP contribution in [0.1, 0.15) is 25.7 Å². The average Bonchev–Trinajstić information content (AvgIpc) is 3.21. The molecule has 13 heteroatoms. The Morgan fingerprint density at radius 1 is 1.06 bits per heavy atom. The molecule has 1 aliphatic carbocycles. The van der Waals surface area contributed by atoms with Crippen LogP contribution in [0, 0.1) is 11.8 Å². The summed E-state index contributed by atoms with van der Waals surface area (Å²) in [7, 11) is -1.43. The Morgan fingerprint density at radius 2 is 1.69 bits per heavy atom. The van der Waals surface area contributed by atoms with Crippen LogP contribution in [0.4, 0.5) is 18.0 Å². The number of halogens is 3. The fourth-order valence-electron chi connectivity index (χ4n) is 4.48. The zero-order valence-corrected chi connectivity index (χ0v) is 19.3. The number of hydrogen-bond acceptors (Lipinski definition) is 5. The van der Waals surface area contributed by atoms with Gasteiger partial charge in [-0.25, -0.2) is 4.79 Å². The van der Waals surface area contributed by atoms with E-state index < -0.39 is 56.4 Å². The third kappa shape index (κ3) is 6.13. The van der Waals surface area contributed by atoms with Gasteiger partial charge in [-0.2, -0.15) is 0 Å². The van der Waals surface area contributed by atoms with E-state index in [0.29, 0.717) is 19.4 Å². The highest BCUT2D eigenvalue weighted by molar-refractivity contribution is 6.76. The molecule has 0 aromatic heterocycles. The summed E-state index contributed by atoms with van der Waals surface area (Å²) >= 11 is 0. The van der Waals surface area contributed by atoms with Gasteiger partial charge >= 0.3 is 12.5 Å². The van der Waals surface area contributed by atoms with Gasteiger partial charge in [-0.1, -0.05) is 19.6 Å². The largest absolute Gasteiger partial charge is 0.522 e. The maximum atomic E-state index is 12.5. The minimum absolute atomic E-state index is 0.0669. The Balaban J connectivity index is 1.43. The van der Waals surface area contributed by atoms with Crippen molar-refractivity contribution >= 4 is 26.0 Å². The monoisotopic (exact) mass is 481 g/mol. The lowest BCUT2D eigenvalue weighted by Crippen LogP contribution is -2.53. The van der Waals surface area contributed by atoms with Gasteiger partial charge in [-0.05, 0) is 31.7 Å². The molecule has 3 aliphatic rings. The molecular formula is C19H30F3N3O6Si. The van der Waals surface area contributed by atoms with E-state index in [-0.39, 0.29) is 25.0 Å². The van der Waals surface area contributed by atoms with Crippen LogP contribution in [0.3, 0.4) is 0 Å². The number of alkyl halides is 3. The van der Waals surface area contributed by atoms with E-state index >= 15 is 0 Å². The second kappa shape index (κ2) is 9.18. The molecule has 3 N–H and O–H groups in total. The first-order valence-electron chi connectivity index (χ1n) is 10.7. The predicted octanol–water partition coefficient (Wildman–Crippen LogP) is 2.31. The van der Waals surface area contributed by atoms with Crippen LogP contribution in [0.5, 0.6) is 0 Å². The highest BCUT2D eigenvalue weighted by Crippen LogP contribution is 2.42. The molecule has 3 rings (SSSR count). The van der Waals surface area contributed by atoms with Crippen molar-refractivity contribution < 1.29 is 42.1 Å². The van der Waals surface area contributed by atoms with Gasteiger partial charge in [0.05, 0.1) is 30.3 Å². The minimum atomic E-state index is -4.73. The fourth-order valence-corrected chi connectivity index (χ4v) is 5.39. The summed E-state index contributed by atoms with van der Waals surface area (Å²) in [5.41, 5.74) is 4.59. The molecule has 0 radical (unpaired) electrons. The Bertz CT molecular complexity index is 741. The smallest absolute Gasteiger partial charge is 0.465 e. The Labute approximate surface area is 185 Å². The number of rotatable bonds is 7. The summed E-state index contributed by atoms with van der Waals surface area (Å²) in [6, 6.07) is 0.534. The van der Waals surface area contributed by atoms with Crippen LogP contribution in [-0.4, -0.2) is 73.2 Å². The SMILES string of the molecule is C[Si](C)(C)CCN(C(=O)O)C1CC2OC1CC2C(=O)NNC(=O)[C@H]1C[C@@H](OC(F)(F)F)C1. The molecule has 9 nitrogen and oxygen atoms in total. The summed E-state index contributed by atoms with van der Waals surface area (Å²) in [6.45, 7) is 6.96. The van der Waals surface area contributed by atoms with Gasteiger partial charge in [0, 0.05) is 20.5 Å². The first-order valence-corrected chi connectivity index (χ1v) is 14.4. The summed E-state index contributed by atoms with van der Waals surface area (Å²) in [4.78, 5) is 37.7. The Kier molecular flexibility index (Phi) is 7.10. The van der Waals surface area contributed by atoms with E-state index in [2.05, 4.69) is 35.2 Å². The Hall–Kier alpha value is -1.86. The molecule has 1 saturated carbocycles. The van der Waals surface area contributed by atoms with Crippen LogP contribution < -0.4 is 10.9 Å². The third-order valence-corrected chi connectivity index (χ3v) is 8.07. The van der Waals surface area contributed by atoms with E-state index in [0.717, 1.165) is 6.04 Å². The van der Waals surface area contributed by atoms with Crippen molar-refractivity contribution in [2.24, 2.45) is 11.8 Å².